The highest BCUT2D eigenvalue weighted by Crippen LogP contribution is 2.41. The SMILES string of the molecule is COc1ccc(-c2oc3c(c(C)cc4oc(=O)cc(C)c43)c2CC(=O)NC(CCS(C)(=O)=O)c2nc(-c3ccco3)no2)cc1. The standard InChI is InChI=1S/C32H29N3O9S/c1-17-14-24-28(18(2)15-26(37)42-24)30-27(17)21(29(43-30)19-7-9-20(40-3)10-8-19)16-25(36)33-22(11-13-45(4,38)39)32-34-31(35-44-32)23-6-5-12-41-23/h5-10,12,14-15,22H,11,13,16H2,1-4H3,(H,33,36). The minimum Gasteiger partial charge on any atom is -0.497 e. The van der Waals surface area contributed by atoms with Crippen LogP contribution in [-0.2, 0) is 21.1 Å². The number of hydrogen-bond donors (Lipinski definition) is 1. The average molecular weight is 632 g/mol. The Kier molecular flexibility index (Phi) is 7.79. The number of carbonyl (C=O) groups is 1. The van der Waals surface area contributed by atoms with E-state index in [1.807, 2.05) is 19.1 Å². The molecule has 0 spiro atoms. The summed E-state index contributed by atoms with van der Waals surface area (Å²) in [6.45, 7) is 3.64. The van der Waals surface area contributed by atoms with Crippen LogP contribution in [0.2, 0.25) is 0 Å². The van der Waals surface area contributed by atoms with Gasteiger partial charge >= 0.3 is 5.63 Å². The predicted octanol–water partition coefficient (Wildman–Crippen LogP) is 5.31. The van der Waals surface area contributed by atoms with Crippen molar-refractivity contribution < 1.29 is 35.7 Å². The fraction of sp³-hybridized carbons (Fsp3) is 0.250. The summed E-state index contributed by atoms with van der Waals surface area (Å²) in [5.74, 6) is 1.02. The second-order valence-corrected chi connectivity index (χ2v) is 13.1. The molecule has 0 fully saturated rings. The lowest BCUT2D eigenvalue weighted by molar-refractivity contribution is -0.121. The number of rotatable bonds is 10. The van der Waals surface area contributed by atoms with E-state index in [-0.39, 0.29) is 30.3 Å². The van der Waals surface area contributed by atoms with Crippen LogP contribution in [0, 0.1) is 13.8 Å². The molecule has 1 unspecified atom stereocenters. The molecule has 0 aliphatic carbocycles. The molecule has 0 saturated heterocycles. The second kappa shape index (κ2) is 11.7. The summed E-state index contributed by atoms with van der Waals surface area (Å²) in [4.78, 5) is 30.3. The van der Waals surface area contributed by atoms with Gasteiger partial charge in [0.1, 0.15) is 38.6 Å². The van der Waals surface area contributed by atoms with Crippen LogP contribution in [-0.4, -0.2) is 43.6 Å². The van der Waals surface area contributed by atoms with E-state index in [9.17, 15) is 18.0 Å². The first-order chi connectivity index (χ1) is 21.5. The zero-order valence-corrected chi connectivity index (χ0v) is 25.7. The van der Waals surface area contributed by atoms with E-state index >= 15 is 0 Å². The Morgan fingerprint density at radius 1 is 1.04 bits per heavy atom. The molecule has 6 rings (SSSR count). The van der Waals surface area contributed by atoms with Crippen molar-refractivity contribution in [2.75, 3.05) is 19.1 Å². The van der Waals surface area contributed by atoms with E-state index in [1.165, 1.54) is 12.3 Å². The number of sulfone groups is 1. The molecule has 4 aromatic heterocycles. The molecule has 12 nitrogen and oxygen atoms in total. The fourth-order valence-corrected chi connectivity index (χ4v) is 6.04. The van der Waals surface area contributed by atoms with Crippen LogP contribution in [0.3, 0.4) is 0 Å². The smallest absolute Gasteiger partial charge is 0.336 e. The lowest BCUT2D eigenvalue weighted by atomic mass is 9.97. The van der Waals surface area contributed by atoms with E-state index in [0.29, 0.717) is 55.9 Å². The number of hydrogen-bond acceptors (Lipinski definition) is 11. The molecule has 6 aromatic rings. The quantitative estimate of drug-likeness (QED) is 0.195. The van der Waals surface area contributed by atoms with Gasteiger partial charge in [-0.3, -0.25) is 4.79 Å². The second-order valence-electron chi connectivity index (χ2n) is 10.8. The van der Waals surface area contributed by atoms with Crippen LogP contribution in [0.15, 0.2) is 77.4 Å². The maximum Gasteiger partial charge on any atom is 0.336 e. The number of carbonyl (C=O) groups excluding carboxylic acids is 1. The Bertz CT molecular complexity index is 2190. The molecule has 0 aliphatic rings. The number of amides is 1. The molecule has 45 heavy (non-hydrogen) atoms. The average Bonchev–Trinajstić information content (AvgIpc) is 3.75. The summed E-state index contributed by atoms with van der Waals surface area (Å²) < 4.78 is 52.1. The van der Waals surface area contributed by atoms with Gasteiger partial charge in [0.2, 0.25) is 17.6 Å². The van der Waals surface area contributed by atoms with Crippen molar-refractivity contribution in [1.82, 2.24) is 15.5 Å². The molecule has 1 N–H and O–H groups in total. The van der Waals surface area contributed by atoms with Crippen LogP contribution in [0.4, 0.5) is 0 Å². The van der Waals surface area contributed by atoms with E-state index in [0.717, 1.165) is 11.8 Å². The molecule has 0 radical (unpaired) electrons. The van der Waals surface area contributed by atoms with Crippen molar-refractivity contribution in [1.29, 1.82) is 0 Å². The van der Waals surface area contributed by atoms with Gasteiger partial charge in [-0.05, 0) is 73.9 Å². The fourth-order valence-electron chi connectivity index (χ4n) is 5.37. The van der Waals surface area contributed by atoms with Gasteiger partial charge in [0.15, 0.2) is 5.76 Å². The highest BCUT2D eigenvalue weighted by atomic mass is 32.2. The van der Waals surface area contributed by atoms with Crippen LogP contribution >= 0.6 is 0 Å². The first-order valence-corrected chi connectivity index (χ1v) is 16.0. The van der Waals surface area contributed by atoms with Crippen LogP contribution in [0.25, 0.3) is 44.8 Å². The van der Waals surface area contributed by atoms with Crippen molar-refractivity contribution in [3.8, 4) is 28.7 Å². The summed E-state index contributed by atoms with van der Waals surface area (Å²) in [5.41, 5.74) is 3.09. The minimum absolute atomic E-state index is 0.00370. The van der Waals surface area contributed by atoms with Gasteiger partial charge in [-0.2, -0.15) is 4.98 Å². The number of methoxy groups -OCH3 is 1. The topological polar surface area (TPSA) is 168 Å². The van der Waals surface area contributed by atoms with Crippen molar-refractivity contribution in [2.45, 2.75) is 32.7 Å². The van der Waals surface area contributed by atoms with Crippen molar-refractivity contribution >= 4 is 37.7 Å². The summed E-state index contributed by atoms with van der Waals surface area (Å²) >= 11 is 0. The maximum atomic E-state index is 13.8. The van der Waals surface area contributed by atoms with E-state index in [1.54, 1.807) is 44.4 Å². The molecule has 232 valence electrons. The van der Waals surface area contributed by atoms with Gasteiger partial charge < -0.3 is 27.8 Å². The van der Waals surface area contributed by atoms with Gasteiger partial charge in [-0.1, -0.05) is 5.16 Å². The van der Waals surface area contributed by atoms with Gasteiger partial charge in [0.25, 0.3) is 0 Å². The van der Waals surface area contributed by atoms with Gasteiger partial charge in [-0.15, -0.1) is 0 Å². The van der Waals surface area contributed by atoms with E-state index in [2.05, 4.69) is 15.5 Å². The maximum absolute atomic E-state index is 13.8. The number of nitrogens with one attached hydrogen (secondary N) is 1. The molecular formula is C32H29N3O9S. The van der Waals surface area contributed by atoms with E-state index < -0.39 is 27.4 Å². The Morgan fingerprint density at radius 2 is 1.80 bits per heavy atom. The van der Waals surface area contributed by atoms with Crippen LogP contribution < -0.4 is 15.7 Å². The zero-order valence-electron chi connectivity index (χ0n) is 24.9. The van der Waals surface area contributed by atoms with Gasteiger partial charge in [-0.25, -0.2) is 13.2 Å². The molecule has 4 heterocycles. The Balaban J connectivity index is 1.42. The zero-order chi connectivity index (χ0) is 31.9. The normalized spacial score (nSPS) is 12.5. The first-order valence-electron chi connectivity index (χ1n) is 14.0. The van der Waals surface area contributed by atoms with Crippen LogP contribution in [0.1, 0.15) is 35.0 Å². The van der Waals surface area contributed by atoms with Crippen molar-refractivity contribution in [3.05, 3.63) is 87.8 Å². The number of ether oxygens (including phenoxy) is 1. The largest absolute Gasteiger partial charge is 0.497 e. The third kappa shape index (κ3) is 6.11. The van der Waals surface area contributed by atoms with Gasteiger partial charge in [0, 0.05) is 28.8 Å². The summed E-state index contributed by atoms with van der Waals surface area (Å²) in [7, 11) is -1.81. The molecule has 13 heteroatoms. The number of fused-ring (bicyclic) bond motifs is 3. The Hall–Kier alpha value is -5.17. The summed E-state index contributed by atoms with van der Waals surface area (Å²) in [6.07, 6.45) is 2.45. The van der Waals surface area contributed by atoms with Crippen molar-refractivity contribution in [3.63, 3.8) is 0 Å². The molecule has 1 atom stereocenters. The number of aryl methyl sites for hydroxylation is 2. The predicted molar refractivity (Wildman–Crippen MR) is 165 cm³/mol. The van der Waals surface area contributed by atoms with E-state index in [4.69, 9.17) is 22.5 Å². The third-order valence-corrected chi connectivity index (χ3v) is 8.42. The molecule has 2 aromatic carbocycles. The summed E-state index contributed by atoms with van der Waals surface area (Å²) in [6, 6.07) is 12.8. The summed E-state index contributed by atoms with van der Waals surface area (Å²) in [5, 5.41) is 8.15. The monoisotopic (exact) mass is 631 g/mol. The number of aromatic nitrogens is 2. The molecule has 0 saturated carbocycles. The first kappa shape index (κ1) is 29.9. The lowest BCUT2D eigenvalue weighted by Gasteiger charge is -2.15. The van der Waals surface area contributed by atoms with Crippen LogP contribution in [0.5, 0.6) is 5.75 Å². The Labute approximate surface area is 256 Å². The molecule has 0 aliphatic heterocycles. The molecule has 1 amide bonds. The third-order valence-electron chi connectivity index (χ3n) is 7.45. The molecule has 0 bridgehead atoms. The minimum atomic E-state index is -3.38. The lowest BCUT2D eigenvalue weighted by Crippen LogP contribution is -2.31. The number of furan rings is 2. The number of benzene rings is 2. The molecular weight excluding hydrogens is 602 g/mol. The van der Waals surface area contributed by atoms with Gasteiger partial charge in [0.05, 0.1) is 30.9 Å². The Morgan fingerprint density at radius 3 is 2.49 bits per heavy atom. The highest BCUT2D eigenvalue weighted by Gasteiger charge is 2.27. The number of nitrogens with zero attached hydrogens (tertiary/aromatic N) is 2. The highest BCUT2D eigenvalue weighted by molar-refractivity contribution is 7.90. The van der Waals surface area contributed by atoms with Crippen molar-refractivity contribution in [2.24, 2.45) is 0 Å².